The summed E-state index contributed by atoms with van der Waals surface area (Å²) in [5.74, 6) is -0.309. The van der Waals surface area contributed by atoms with Crippen LogP contribution in [0.25, 0.3) is 0 Å². The third-order valence-electron chi connectivity index (χ3n) is 1.27. The topological polar surface area (TPSA) is 46.5 Å². The lowest BCUT2D eigenvalue weighted by atomic mass is 10.2. The highest BCUT2D eigenvalue weighted by Crippen LogP contribution is 2.20. The van der Waals surface area contributed by atoms with Crippen LogP contribution in [-0.4, -0.2) is 17.2 Å². The Morgan fingerprint density at radius 1 is 1.89 bits per heavy atom. The number of rotatable bonds is 1. The number of hydrogen-bond donors (Lipinski definition) is 1. The summed E-state index contributed by atoms with van der Waals surface area (Å²) >= 11 is 0. The van der Waals surface area contributed by atoms with Crippen LogP contribution in [0.1, 0.15) is 12.8 Å². The van der Waals surface area contributed by atoms with Gasteiger partial charge in [0.15, 0.2) is 6.10 Å². The molecule has 0 bridgehead atoms. The molecule has 0 unspecified atom stereocenters. The molecule has 0 aromatic carbocycles. The second-order valence-electron chi connectivity index (χ2n) is 2.02. The van der Waals surface area contributed by atoms with E-state index in [1.165, 1.54) is 0 Å². The number of allylic oxidation sites excluding steroid dienone is 1. The summed E-state index contributed by atoms with van der Waals surface area (Å²) in [5.41, 5.74) is 0. The van der Waals surface area contributed by atoms with Crippen molar-refractivity contribution in [1.29, 1.82) is 0 Å². The van der Waals surface area contributed by atoms with E-state index in [1.54, 1.807) is 0 Å². The highest BCUT2D eigenvalue weighted by molar-refractivity contribution is 5.72. The summed E-state index contributed by atoms with van der Waals surface area (Å²) in [6.07, 6.45) is 0.600. The monoisotopic (exact) mass is 128 g/mol. The van der Waals surface area contributed by atoms with Crippen molar-refractivity contribution in [2.45, 2.75) is 18.9 Å². The van der Waals surface area contributed by atoms with Crippen molar-refractivity contribution in [3.05, 3.63) is 12.3 Å². The first-order chi connectivity index (χ1) is 4.20. The summed E-state index contributed by atoms with van der Waals surface area (Å²) in [7, 11) is 0. The molecule has 1 aliphatic heterocycles. The van der Waals surface area contributed by atoms with E-state index in [-0.39, 0.29) is 0 Å². The fraction of sp³-hybridized carbons (Fsp3) is 0.500. The lowest BCUT2D eigenvalue weighted by molar-refractivity contribution is -0.145. The highest BCUT2D eigenvalue weighted by Gasteiger charge is 2.25. The van der Waals surface area contributed by atoms with Crippen LogP contribution in [0.2, 0.25) is 0 Å². The van der Waals surface area contributed by atoms with Gasteiger partial charge in [-0.25, -0.2) is 4.79 Å². The third kappa shape index (κ3) is 1.22. The first-order valence-corrected chi connectivity index (χ1v) is 2.77. The predicted octanol–water partition coefficient (Wildman–Crippen LogP) is 0.764. The van der Waals surface area contributed by atoms with E-state index in [0.717, 1.165) is 0 Å². The predicted molar refractivity (Wildman–Crippen MR) is 30.9 cm³/mol. The minimum atomic E-state index is -0.895. The van der Waals surface area contributed by atoms with Crippen molar-refractivity contribution in [1.82, 2.24) is 0 Å². The molecule has 0 amide bonds. The highest BCUT2D eigenvalue weighted by atomic mass is 16.5. The van der Waals surface area contributed by atoms with Crippen LogP contribution in [0.5, 0.6) is 0 Å². The van der Waals surface area contributed by atoms with Gasteiger partial charge in [-0.2, -0.15) is 0 Å². The van der Waals surface area contributed by atoms with Gasteiger partial charge in [0.1, 0.15) is 0 Å². The van der Waals surface area contributed by atoms with Crippen molar-refractivity contribution in [3.8, 4) is 0 Å². The molecule has 3 nitrogen and oxygen atoms in total. The van der Waals surface area contributed by atoms with Crippen molar-refractivity contribution in [2.75, 3.05) is 0 Å². The molecule has 9 heavy (non-hydrogen) atoms. The number of aliphatic carboxylic acids is 1. The molecule has 0 saturated carbocycles. The molecule has 0 aromatic rings. The van der Waals surface area contributed by atoms with E-state index in [9.17, 15) is 4.79 Å². The minimum absolute atomic E-state index is 0.564. The molecular weight excluding hydrogens is 120 g/mol. The Kier molecular flexibility index (Phi) is 1.42. The number of carboxylic acids is 1. The van der Waals surface area contributed by atoms with Crippen LogP contribution in [-0.2, 0) is 9.53 Å². The van der Waals surface area contributed by atoms with Crippen LogP contribution in [0, 0.1) is 0 Å². The number of hydrogen-bond acceptors (Lipinski definition) is 2. The van der Waals surface area contributed by atoms with Gasteiger partial charge in [0, 0.05) is 12.8 Å². The van der Waals surface area contributed by atoms with Crippen molar-refractivity contribution >= 4 is 5.97 Å². The molecule has 1 saturated heterocycles. The molecule has 3 heteroatoms. The first kappa shape index (κ1) is 6.13. The van der Waals surface area contributed by atoms with Gasteiger partial charge in [0.05, 0.1) is 5.76 Å². The van der Waals surface area contributed by atoms with Gasteiger partial charge in [-0.1, -0.05) is 6.58 Å². The van der Waals surface area contributed by atoms with Crippen LogP contribution < -0.4 is 0 Å². The Hall–Kier alpha value is -0.990. The van der Waals surface area contributed by atoms with E-state index in [1.807, 2.05) is 0 Å². The van der Waals surface area contributed by atoms with Crippen molar-refractivity contribution < 1.29 is 14.6 Å². The van der Waals surface area contributed by atoms with E-state index < -0.39 is 12.1 Å². The maximum atomic E-state index is 10.2. The molecule has 0 aromatic heterocycles. The number of carbonyl (C=O) groups is 1. The van der Waals surface area contributed by atoms with Gasteiger partial charge in [-0.15, -0.1) is 0 Å². The molecule has 1 fully saturated rings. The summed E-state index contributed by atoms with van der Waals surface area (Å²) in [6.45, 7) is 3.50. The standard InChI is InChI=1S/C6H8O3/c1-4-2-3-5(9-4)6(7)8/h5H,1-3H2,(H,7,8)/t5-/m1/s1. The minimum Gasteiger partial charge on any atom is -0.484 e. The summed E-state index contributed by atoms with van der Waals surface area (Å²) in [4.78, 5) is 10.2. The maximum Gasteiger partial charge on any atom is 0.344 e. The molecule has 1 heterocycles. The first-order valence-electron chi connectivity index (χ1n) is 2.77. The van der Waals surface area contributed by atoms with Crippen molar-refractivity contribution in [3.63, 3.8) is 0 Å². The second-order valence-corrected chi connectivity index (χ2v) is 2.02. The second kappa shape index (κ2) is 2.09. The molecule has 1 atom stereocenters. The molecule has 1 rings (SSSR count). The molecule has 1 aliphatic rings. The average molecular weight is 128 g/mol. The molecule has 50 valence electrons. The summed E-state index contributed by atoms with van der Waals surface area (Å²) < 4.78 is 4.83. The van der Waals surface area contributed by atoms with Crippen LogP contribution in [0.15, 0.2) is 12.3 Å². The molecule has 0 aliphatic carbocycles. The summed E-state index contributed by atoms with van der Waals surface area (Å²) in [5, 5.41) is 8.36. The fourth-order valence-electron chi connectivity index (χ4n) is 0.785. The lowest BCUT2D eigenvalue weighted by Crippen LogP contribution is -2.17. The average Bonchev–Trinajstić information content (AvgIpc) is 2.14. The van der Waals surface area contributed by atoms with Crippen LogP contribution >= 0.6 is 0 Å². The van der Waals surface area contributed by atoms with Gasteiger partial charge in [-0.3, -0.25) is 0 Å². The Morgan fingerprint density at radius 2 is 2.56 bits per heavy atom. The van der Waals surface area contributed by atoms with Gasteiger partial charge in [-0.05, 0) is 0 Å². The maximum absolute atomic E-state index is 10.2. The van der Waals surface area contributed by atoms with E-state index in [0.29, 0.717) is 18.6 Å². The Labute approximate surface area is 52.9 Å². The SMILES string of the molecule is C=C1CC[C@H](C(=O)O)O1. The van der Waals surface area contributed by atoms with Gasteiger partial charge in [0.25, 0.3) is 0 Å². The lowest BCUT2D eigenvalue weighted by Gasteiger charge is -2.01. The normalized spacial score (nSPS) is 25.8. The Bertz CT molecular complexity index is 150. The zero-order chi connectivity index (χ0) is 6.85. The van der Waals surface area contributed by atoms with E-state index in [2.05, 4.69) is 6.58 Å². The fourth-order valence-corrected chi connectivity index (χ4v) is 0.785. The molecule has 1 N–H and O–H groups in total. The summed E-state index contributed by atoms with van der Waals surface area (Å²) in [6, 6.07) is 0. The zero-order valence-corrected chi connectivity index (χ0v) is 4.96. The molecular formula is C6H8O3. The van der Waals surface area contributed by atoms with Gasteiger partial charge >= 0.3 is 5.97 Å². The number of ether oxygens (including phenoxy) is 1. The van der Waals surface area contributed by atoms with Crippen LogP contribution in [0.4, 0.5) is 0 Å². The third-order valence-corrected chi connectivity index (χ3v) is 1.27. The number of carboxylic acid groups (broad SMARTS) is 1. The smallest absolute Gasteiger partial charge is 0.344 e. The molecule has 0 radical (unpaired) electrons. The largest absolute Gasteiger partial charge is 0.484 e. The van der Waals surface area contributed by atoms with Crippen molar-refractivity contribution in [2.24, 2.45) is 0 Å². The molecule has 0 spiro atoms. The Balaban J connectivity index is 2.48. The van der Waals surface area contributed by atoms with E-state index >= 15 is 0 Å². The van der Waals surface area contributed by atoms with Gasteiger partial charge in [0.2, 0.25) is 0 Å². The quantitative estimate of drug-likeness (QED) is 0.567. The van der Waals surface area contributed by atoms with Crippen LogP contribution in [0.3, 0.4) is 0 Å². The van der Waals surface area contributed by atoms with E-state index in [4.69, 9.17) is 9.84 Å². The Morgan fingerprint density at radius 3 is 2.78 bits per heavy atom. The van der Waals surface area contributed by atoms with Gasteiger partial charge < -0.3 is 9.84 Å². The zero-order valence-electron chi connectivity index (χ0n) is 4.96.